The lowest BCUT2D eigenvalue weighted by Gasteiger charge is -2.06. The molecule has 1 N–H and O–H groups in total. The van der Waals surface area contributed by atoms with Gasteiger partial charge < -0.3 is 9.84 Å². The van der Waals surface area contributed by atoms with Gasteiger partial charge in [0.05, 0.1) is 6.61 Å². The summed E-state index contributed by atoms with van der Waals surface area (Å²) in [6, 6.07) is 8.16. The van der Waals surface area contributed by atoms with Crippen molar-refractivity contribution in [2.45, 2.75) is 39.5 Å². The summed E-state index contributed by atoms with van der Waals surface area (Å²) in [7, 11) is 0. The third-order valence-corrected chi connectivity index (χ3v) is 2.72. The lowest BCUT2D eigenvalue weighted by Crippen LogP contribution is -1.97. The first-order valence-electron chi connectivity index (χ1n) is 6.68. The number of unbranched alkanes of at least 4 members (excludes halogenated alkanes) is 1. The number of aliphatic hydroxyl groups is 1. The topological polar surface area (TPSA) is 29.5 Å². The van der Waals surface area contributed by atoms with Crippen LogP contribution in [0.5, 0.6) is 5.75 Å². The first kappa shape index (κ1) is 14.8. The molecule has 18 heavy (non-hydrogen) atoms. The average Bonchev–Trinajstić information content (AvgIpc) is 2.37. The molecule has 0 spiro atoms. The molecule has 100 valence electrons. The van der Waals surface area contributed by atoms with Crippen molar-refractivity contribution in [3.63, 3.8) is 0 Å². The lowest BCUT2D eigenvalue weighted by atomic mass is 10.1. The Morgan fingerprint density at radius 2 is 1.89 bits per heavy atom. The molecule has 0 atom stereocenters. The molecule has 1 aromatic rings. The lowest BCUT2D eigenvalue weighted by molar-refractivity contribution is 0.288. The molecule has 0 saturated carbocycles. The Kier molecular flexibility index (Phi) is 7.19. The van der Waals surface area contributed by atoms with Crippen molar-refractivity contribution >= 4 is 0 Å². The normalized spacial score (nSPS) is 10.2. The van der Waals surface area contributed by atoms with E-state index in [9.17, 15) is 0 Å². The van der Waals surface area contributed by atoms with Gasteiger partial charge in [-0.25, -0.2) is 0 Å². The number of rotatable bonds is 8. The summed E-state index contributed by atoms with van der Waals surface area (Å²) >= 11 is 0. The molecule has 0 aliphatic heterocycles. The van der Waals surface area contributed by atoms with Crippen molar-refractivity contribution < 1.29 is 9.84 Å². The van der Waals surface area contributed by atoms with Crippen LogP contribution in [0.2, 0.25) is 0 Å². The van der Waals surface area contributed by atoms with Gasteiger partial charge in [0.15, 0.2) is 0 Å². The quantitative estimate of drug-likeness (QED) is 0.561. The highest BCUT2D eigenvalue weighted by Gasteiger charge is 1.95. The van der Waals surface area contributed by atoms with E-state index in [1.54, 1.807) is 0 Å². The molecule has 0 aliphatic rings. The second-order valence-electron chi connectivity index (χ2n) is 4.74. The Labute approximate surface area is 110 Å². The van der Waals surface area contributed by atoms with E-state index in [0.717, 1.165) is 38.0 Å². The highest BCUT2D eigenvalue weighted by atomic mass is 16.5. The minimum absolute atomic E-state index is 0.253. The van der Waals surface area contributed by atoms with Gasteiger partial charge in [0.2, 0.25) is 0 Å². The summed E-state index contributed by atoms with van der Waals surface area (Å²) in [5, 5.41) is 8.76. The number of hydrogen-bond donors (Lipinski definition) is 1. The smallest absolute Gasteiger partial charge is 0.119 e. The van der Waals surface area contributed by atoms with Crippen LogP contribution in [0.15, 0.2) is 35.9 Å². The molecule has 0 unspecified atom stereocenters. The zero-order chi connectivity index (χ0) is 13.2. The summed E-state index contributed by atoms with van der Waals surface area (Å²) in [5.41, 5.74) is 2.61. The molecule has 1 rings (SSSR count). The van der Waals surface area contributed by atoms with Crippen LogP contribution < -0.4 is 4.74 Å². The van der Waals surface area contributed by atoms with Crippen LogP contribution in [0.4, 0.5) is 0 Å². The molecular formula is C16H24O2. The maximum absolute atomic E-state index is 8.76. The fourth-order valence-electron chi connectivity index (χ4n) is 1.70. The molecule has 0 saturated heterocycles. The second kappa shape index (κ2) is 8.76. The zero-order valence-electron chi connectivity index (χ0n) is 11.5. The van der Waals surface area contributed by atoms with Crippen molar-refractivity contribution in [2.75, 3.05) is 13.2 Å². The SMILES string of the molecule is CC(C)=CCCCOc1ccc(CCCO)cc1. The fourth-order valence-corrected chi connectivity index (χ4v) is 1.70. The van der Waals surface area contributed by atoms with Crippen LogP contribution in [-0.2, 0) is 6.42 Å². The number of allylic oxidation sites excluding steroid dienone is 2. The van der Waals surface area contributed by atoms with Gasteiger partial charge in [-0.3, -0.25) is 0 Å². The van der Waals surface area contributed by atoms with E-state index in [4.69, 9.17) is 9.84 Å². The number of ether oxygens (including phenoxy) is 1. The molecule has 0 radical (unpaired) electrons. The van der Waals surface area contributed by atoms with Crippen LogP contribution in [0.3, 0.4) is 0 Å². The molecule has 2 heteroatoms. The highest BCUT2D eigenvalue weighted by molar-refractivity contribution is 5.27. The minimum Gasteiger partial charge on any atom is -0.494 e. The Balaban J connectivity index is 2.24. The average molecular weight is 248 g/mol. The van der Waals surface area contributed by atoms with Crippen LogP contribution in [0, 0.1) is 0 Å². The van der Waals surface area contributed by atoms with Gasteiger partial charge in [-0.2, -0.15) is 0 Å². The van der Waals surface area contributed by atoms with Crippen LogP contribution in [0.25, 0.3) is 0 Å². The number of hydrogen-bond acceptors (Lipinski definition) is 2. The Morgan fingerprint density at radius 3 is 2.50 bits per heavy atom. The molecule has 0 bridgehead atoms. The van der Waals surface area contributed by atoms with Gasteiger partial charge in [0, 0.05) is 6.61 Å². The van der Waals surface area contributed by atoms with Crippen molar-refractivity contribution in [2.24, 2.45) is 0 Å². The Bertz CT molecular complexity index is 348. The standard InChI is InChI=1S/C16H24O2/c1-14(2)6-3-4-13-18-16-10-8-15(9-11-16)7-5-12-17/h6,8-11,17H,3-5,7,12-13H2,1-2H3. The monoisotopic (exact) mass is 248 g/mol. The minimum atomic E-state index is 0.253. The highest BCUT2D eigenvalue weighted by Crippen LogP contribution is 2.13. The molecular weight excluding hydrogens is 224 g/mol. The third kappa shape index (κ3) is 6.45. The number of aliphatic hydroxyl groups excluding tert-OH is 1. The van der Waals surface area contributed by atoms with E-state index in [1.165, 1.54) is 11.1 Å². The Hall–Kier alpha value is -1.28. The van der Waals surface area contributed by atoms with Gasteiger partial charge in [0.25, 0.3) is 0 Å². The van der Waals surface area contributed by atoms with Gasteiger partial charge in [-0.1, -0.05) is 23.8 Å². The van der Waals surface area contributed by atoms with E-state index >= 15 is 0 Å². The van der Waals surface area contributed by atoms with E-state index in [1.807, 2.05) is 12.1 Å². The van der Waals surface area contributed by atoms with Gasteiger partial charge >= 0.3 is 0 Å². The van der Waals surface area contributed by atoms with Crippen LogP contribution >= 0.6 is 0 Å². The molecule has 2 nitrogen and oxygen atoms in total. The maximum Gasteiger partial charge on any atom is 0.119 e. The van der Waals surface area contributed by atoms with E-state index < -0.39 is 0 Å². The van der Waals surface area contributed by atoms with Crippen molar-refractivity contribution in [1.82, 2.24) is 0 Å². The molecule has 1 aromatic carbocycles. The zero-order valence-corrected chi connectivity index (χ0v) is 11.5. The van der Waals surface area contributed by atoms with Crippen molar-refractivity contribution in [3.05, 3.63) is 41.5 Å². The molecule has 0 heterocycles. The van der Waals surface area contributed by atoms with Crippen LogP contribution in [0.1, 0.15) is 38.7 Å². The van der Waals surface area contributed by atoms with Crippen LogP contribution in [-0.4, -0.2) is 18.3 Å². The molecule has 0 aliphatic carbocycles. The van der Waals surface area contributed by atoms with Gasteiger partial charge in [-0.05, 0) is 57.2 Å². The van der Waals surface area contributed by atoms with Gasteiger partial charge in [-0.15, -0.1) is 0 Å². The predicted molar refractivity (Wildman–Crippen MR) is 76.0 cm³/mol. The van der Waals surface area contributed by atoms with E-state index in [2.05, 4.69) is 32.1 Å². The summed E-state index contributed by atoms with van der Waals surface area (Å²) < 4.78 is 5.67. The first-order chi connectivity index (χ1) is 8.72. The van der Waals surface area contributed by atoms with Gasteiger partial charge in [0.1, 0.15) is 5.75 Å². The summed E-state index contributed by atoms with van der Waals surface area (Å²) in [6.45, 7) is 5.25. The molecule has 0 fully saturated rings. The predicted octanol–water partition coefficient (Wildman–Crippen LogP) is 3.74. The third-order valence-electron chi connectivity index (χ3n) is 2.72. The summed E-state index contributed by atoms with van der Waals surface area (Å²) in [5.74, 6) is 0.931. The summed E-state index contributed by atoms with van der Waals surface area (Å²) in [6.07, 6.45) is 6.12. The second-order valence-corrected chi connectivity index (χ2v) is 4.74. The number of aryl methyl sites for hydroxylation is 1. The Morgan fingerprint density at radius 1 is 1.17 bits per heavy atom. The maximum atomic E-state index is 8.76. The van der Waals surface area contributed by atoms with Crippen molar-refractivity contribution in [1.29, 1.82) is 0 Å². The van der Waals surface area contributed by atoms with E-state index in [0.29, 0.717) is 0 Å². The summed E-state index contributed by atoms with van der Waals surface area (Å²) in [4.78, 5) is 0. The molecule has 0 amide bonds. The first-order valence-corrected chi connectivity index (χ1v) is 6.68. The fraction of sp³-hybridized carbons (Fsp3) is 0.500. The molecule has 0 aromatic heterocycles. The van der Waals surface area contributed by atoms with E-state index in [-0.39, 0.29) is 6.61 Å². The number of benzene rings is 1. The van der Waals surface area contributed by atoms with Crippen molar-refractivity contribution in [3.8, 4) is 5.75 Å². The largest absolute Gasteiger partial charge is 0.494 e.